The van der Waals surface area contributed by atoms with Gasteiger partial charge in [-0.15, -0.1) is 0 Å². The summed E-state index contributed by atoms with van der Waals surface area (Å²) in [6, 6.07) is 2.47. The standard InChI is InChI=1S/C13H15ClFNO4S/c14-11-7-9(15)4-5-12(11)21(19,20)16-6-2-1-3-10(16)8-13(17)18/h4-5,7,10H,1-3,6,8H2,(H,17,18). The zero-order chi connectivity index (χ0) is 15.6. The first kappa shape index (κ1) is 16.2. The molecular formula is C13H15ClFNO4S. The molecule has 21 heavy (non-hydrogen) atoms. The number of hydrogen-bond donors (Lipinski definition) is 1. The van der Waals surface area contributed by atoms with Crippen LogP contribution in [0.4, 0.5) is 4.39 Å². The number of carbonyl (C=O) groups is 1. The van der Waals surface area contributed by atoms with Crippen molar-refractivity contribution in [3.8, 4) is 0 Å². The molecule has 0 aliphatic carbocycles. The molecule has 1 aromatic carbocycles. The van der Waals surface area contributed by atoms with E-state index >= 15 is 0 Å². The van der Waals surface area contributed by atoms with E-state index in [0.29, 0.717) is 12.8 Å². The lowest BCUT2D eigenvalue weighted by Crippen LogP contribution is -2.44. The van der Waals surface area contributed by atoms with Crippen LogP contribution in [0.5, 0.6) is 0 Å². The summed E-state index contributed by atoms with van der Waals surface area (Å²) in [7, 11) is -3.93. The topological polar surface area (TPSA) is 74.7 Å². The van der Waals surface area contributed by atoms with Gasteiger partial charge in [0.05, 0.1) is 11.4 Å². The highest BCUT2D eigenvalue weighted by molar-refractivity contribution is 7.89. The van der Waals surface area contributed by atoms with E-state index in [-0.39, 0.29) is 22.9 Å². The van der Waals surface area contributed by atoms with Gasteiger partial charge in [0.1, 0.15) is 10.7 Å². The summed E-state index contributed by atoms with van der Waals surface area (Å²) in [6.07, 6.45) is 1.68. The minimum Gasteiger partial charge on any atom is -0.481 e. The van der Waals surface area contributed by atoms with Gasteiger partial charge in [-0.05, 0) is 31.0 Å². The van der Waals surface area contributed by atoms with Gasteiger partial charge >= 0.3 is 5.97 Å². The Morgan fingerprint density at radius 1 is 1.43 bits per heavy atom. The zero-order valence-electron chi connectivity index (χ0n) is 11.1. The Kier molecular flexibility index (Phi) is 4.85. The molecule has 5 nitrogen and oxygen atoms in total. The zero-order valence-corrected chi connectivity index (χ0v) is 12.7. The summed E-state index contributed by atoms with van der Waals surface area (Å²) in [5.74, 6) is -1.67. The van der Waals surface area contributed by atoms with Crippen molar-refractivity contribution in [1.82, 2.24) is 4.31 Å². The minimum atomic E-state index is -3.93. The van der Waals surface area contributed by atoms with Gasteiger partial charge in [-0.3, -0.25) is 4.79 Å². The molecule has 1 aromatic rings. The number of carboxylic acids is 1. The third kappa shape index (κ3) is 3.53. The average Bonchev–Trinajstić information content (AvgIpc) is 2.37. The molecule has 8 heteroatoms. The van der Waals surface area contributed by atoms with Crippen molar-refractivity contribution in [3.63, 3.8) is 0 Å². The molecule has 0 radical (unpaired) electrons. The SMILES string of the molecule is O=C(O)CC1CCCCN1S(=O)(=O)c1ccc(F)cc1Cl. The van der Waals surface area contributed by atoms with Crippen molar-refractivity contribution in [2.24, 2.45) is 0 Å². The Bertz CT molecular complexity index is 650. The molecule has 1 heterocycles. The lowest BCUT2D eigenvalue weighted by molar-refractivity contribution is -0.138. The normalized spacial score (nSPS) is 20.4. The van der Waals surface area contributed by atoms with Gasteiger partial charge in [-0.1, -0.05) is 18.0 Å². The molecule has 1 fully saturated rings. The fraction of sp³-hybridized carbons (Fsp3) is 0.462. The summed E-state index contributed by atoms with van der Waals surface area (Å²) in [6.45, 7) is 0.244. The van der Waals surface area contributed by atoms with Crippen LogP contribution in [-0.2, 0) is 14.8 Å². The molecule has 1 saturated heterocycles. The van der Waals surface area contributed by atoms with Gasteiger partial charge in [-0.25, -0.2) is 12.8 Å². The Balaban J connectivity index is 2.38. The van der Waals surface area contributed by atoms with E-state index in [9.17, 15) is 17.6 Å². The number of sulfonamides is 1. The number of piperidine rings is 1. The number of hydrogen-bond acceptors (Lipinski definition) is 3. The van der Waals surface area contributed by atoms with Gasteiger partial charge in [0, 0.05) is 12.6 Å². The van der Waals surface area contributed by atoms with Crippen LogP contribution >= 0.6 is 11.6 Å². The molecule has 1 atom stereocenters. The summed E-state index contributed by atoms with van der Waals surface area (Å²) in [5, 5.41) is 8.71. The van der Waals surface area contributed by atoms with Crippen LogP contribution in [0, 0.1) is 5.82 Å². The molecule has 1 N–H and O–H groups in total. The van der Waals surface area contributed by atoms with Gasteiger partial charge < -0.3 is 5.11 Å². The van der Waals surface area contributed by atoms with E-state index < -0.39 is 27.9 Å². The molecule has 0 bridgehead atoms. The highest BCUT2D eigenvalue weighted by Crippen LogP contribution is 2.31. The Labute approximate surface area is 127 Å². The van der Waals surface area contributed by atoms with Crippen LogP contribution in [-0.4, -0.2) is 36.4 Å². The quantitative estimate of drug-likeness (QED) is 0.917. The minimum absolute atomic E-state index is 0.192. The lowest BCUT2D eigenvalue weighted by Gasteiger charge is -2.34. The summed E-state index contributed by atoms with van der Waals surface area (Å²) < 4.78 is 39.5. The molecule has 1 aliphatic heterocycles. The van der Waals surface area contributed by atoms with Gasteiger partial charge in [-0.2, -0.15) is 4.31 Å². The predicted octanol–water partition coefficient (Wildman–Crippen LogP) is 2.50. The molecule has 0 saturated carbocycles. The van der Waals surface area contributed by atoms with Crippen LogP contribution in [0.2, 0.25) is 5.02 Å². The smallest absolute Gasteiger partial charge is 0.304 e. The van der Waals surface area contributed by atoms with Crippen LogP contribution in [0.15, 0.2) is 23.1 Å². The molecule has 0 amide bonds. The second-order valence-corrected chi connectivity index (χ2v) is 7.20. The van der Waals surface area contributed by atoms with E-state index in [0.717, 1.165) is 24.6 Å². The second kappa shape index (κ2) is 6.29. The Morgan fingerprint density at radius 3 is 2.76 bits per heavy atom. The number of nitrogens with zero attached hydrogens (tertiary/aromatic N) is 1. The van der Waals surface area contributed by atoms with Crippen LogP contribution in [0.1, 0.15) is 25.7 Å². The van der Waals surface area contributed by atoms with E-state index in [1.165, 1.54) is 4.31 Å². The maximum absolute atomic E-state index is 13.1. The first-order valence-electron chi connectivity index (χ1n) is 6.51. The number of benzene rings is 1. The van der Waals surface area contributed by atoms with E-state index in [4.69, 9.17) is 16.7 Å². The number of carboxylic acid groups (broad SMARTS) is 1. The Hall–Kier alpha value is -1.18. The fourth-order valence-corrected chi connectivity index (χ4v) is 4.71. The van der Waals surface area contributed by atoms with Crippen molar-refractivity contribution in [2.45, 2.75) is 36.6 Å². The molecule has 1 aliphatic rings. The fourth-order valence-electron chi connectivity index (χ4n) is 2.51. The largest absolute Gasteiger partial charge is 0.481 e. The van der Waals surface area contributed by atoms with E-state index in [2.05, 4.69) is 0 Å². The van der Waals surface area contributed by atoms with Crippen LogP contribution < -0.4 is 0 Å². The van der Waals surface area contributed by atoms with Crippen molar-refractivity contribution < 1.29 is 22.7 Å². The summed E-state index contributed by atoms with van der Waals surface area (Å²) >= 11 is 5.82. The second-order valence-electron chi connectivity index (χ2n) is 4.94. The molecular weight excluding hydrogens is 321 g/mol. The molecule has 2 rings (SSSR count). The number of aliphatic carboxylic acids is 1. The Morgan fingerprint density at radius 2 is 2.14 bits per heavy atom. The van der Waals surface area contributed by atoms with Crippen LogP contribution in [0.25, 0.3) is 0 Å². The maximum atomic E-state index is 13.1. The number of rotatable bonds is 4. The third-order valence-corrected chi connectivity index (χ3v) is 5.90. The molecule has 0 aromatic heterocycles. The third-order valence-electron chi connectivity index (χ3n) is 3.46. The van der Waals surface area contributed by atoms with E-state index in [1.807, 2.05) is 0 Å². The van der Waals surface area contributed by atoms with Gasteiger partial charge in [0.15, 0.2) is 0 Å². The van der Waals surface area contributed by atoms with E-state index in [1.54, 1.807) is 0 Å². The number of halogens is 2. The molecule has 116 valence electrons. The van der Waals surface area contributed by atoms with Gasteiger partial charge in [0.2, 0.25) is 10.0 Å². The lowest BCUT2D eigenvalue weighted by atomic mass is 10.0. The maximum Gasteiger partial charge on any atom is 0.304 e. The summed E-state index contributed by atoms with van der Waals surface area (Å²) in [5.41, 5.74) is 0. The first-order valence-corrected chi connectivity index (χ1v) is 8.33. The molecule has 0 spiro atoms. The van der Waals surface area contributed by atoms with Crippen LogP contribution in [0.3, 0.4) is 0 Å². The average molecular weight is 336 g/mol. The molecule has 1 unspecified atom stereocenters. The summed E-state index contributed by atoms with van der Waals surface area (Å²) in [4.78, 5) is 10.7. The van der Waals surface area contributed by atoms with Crippen molar-refractivity contribution in [2.75, 3.05) is 6.54 Å². The highest BCUT2D eigenvalue weighted by atomic mass is 35.5. The highest BCUT2D eigenvalue weighted by Gasteiger charge is 2.35. The van der Waals surface area contributed by atoms with Crippen molar-refractivity contribution >= 4 is 27.6 Å². The van der Waals surface area contributed by atoms with Crippen molar-refractivity contribution in [3.05, 3.63) is 29.0 Å². The predicted molar refractivity (Wildman–Crippen MR) is 75.2 cm³/mol. The first-order chi connectivity index (χ1) is 9.82. The monoisotopic (exact) mass is 335 g/mol. The van der Waals surface area contributed by atoms with Gasteiger partial charge in [0.25, 0.3) is 0 Å². The van der Waals surface area contributed by atoms with Crippen molar-refractivity contribution in [1.29, 1.82) is 0 Å².